The van der Waals surface area contributed by atoms with E-state index in [1.54, 1.807) is 6.33 Å². The Bertz CT molecular complexity index is 1180. The van der Waals surface area contributed by atoms with E-state index in [0.29, 0.717) is 19.7 Å². The largest absolute Gasteiger partial charge is 0.360 e. The van der Waals surface area contributed by atoms with Crippen LogP contribution >= 0.6 is 10.0 Å². The van der Waals surface area contributed by atoms with Gasteiger partial charge in [-0.25, -0.2) is 20.0 Å². The molecule has 0 aromatic carbocycles. The van der Waals surface area contributed by atoms with E-state index < -0.39 is 15.5 Å². The second-order valence-electron chi connectivity index (χ2n) is 10.4. The number of hydrogen-bond donors (Lipinski definition) is 1. The molecule has 11 heteroatoms. The molecule has 3 aromatic rings. The first-order chi connectivity index (χ1) is 17.3. The van der Waals surface area contributed by atoms with Crippen molar-refractivity contribution in [1.82, 2.24) is 34.5 Å². The van der Waals surface area contributed by atoms with Crippen molar-refractivity contribution >= 4 is 28.9 Å². The second kappa shape index (κ2) is 11.8. The molecular formula is C25H37BN8OS. The molecule has 0 amide bonds. The molecule has 1 atom stereocenters. The van der Waals surface area contributed by atoms with Crippen molar-refractivity contribution in [3.05, 3.63) is 31.0 Å². The van der Waals surface area contributed by atoms with Gasteiger partial charge in [0.15, 0.2) is 0 Å². The lowest BCUT2D eigenvalue weighted by Crippen LogP contribution is -2.58. The third kappa shape index (κ3) is 6.68. The van der Waals surface area contributed by atoms with Gasteiger partial charge in [0.2, 0.25) is 0 Å². The lowest BCUT2D eigenvalue weighted by molar-refractivity contribution is 0.0923. The predicted octanol–water partition coefficient (Wildman–Crippen LogP) is 2.43. The number of aromatic nitrogens is 5. The number of nitrogens with one attached hydrogen (secondary N) is 1. The Hall–Kier alpha value is -2.39. The van der Waals surface area contributed by atoms with Crippen LogP contribution in [0.2, 0.25) is 0 Å². The Morgan fingerprint density at radius 2 is 2.06 bits per heavy atom. The summed E-state index contributed by atoms with van der Waals surface area (Å²) in [6.07, 6.45) is 16.4. The molecule has 0 bridgehead atoms. The van der Waals surface area contributed by atoms with E-state index in [0.717, 1.165) is 73.7 Å². The number of nitrogens with zero attached hydrogens (tertiary/aromatic N) is 7. The van der Waals surface area contributed by atoms with Crippen LogP contribution in [0.4, 0.5) is 0 Å². The SMILES string of the molecule is [B][C@@](CCCC#N)(Cn1cc(-c2ncnc3c2ccn3COCCS(C)(C)C)cn1)N1CCNCC1. The standard InChI is InChI=1S/C25H37BN8OS/c1-36(2,3)15-14-35-20-32-11-6-22-23(29-19-30-24(22)32)21-16-31-34(17-21)18-25(26,7-4-5-8-27)33-12-9-28-10-13-33/h6,11,16-17,19,28H,4-5,7,9-10,12-15,18,20H2,1-3H3/t25-/m1/s1. The minimum atomic E-state index is -0.574. The number of piperazine rings is 1. The fourth-order valence-corrected chi connectivity index (χ4v) is 5.20. The molecule has 4 rings (SSSR count). The summed E-state index contributed by atoms with van der Waals surface area (Å²) in [6.45, 7) is 5.37. The van der Waals surface area contributed by atoms with E-state index in [9.17, 15) is 0 Å². The molecule has 0 saturated carbocycles. The van der Waals surface area contributed by atoms with Crippen molar-refractivity contribution in [1.29, 1.82) is 5.26 Å². The van der Waals surface area contributed by atoms with Gasteiger partial charge in [0.1, 0.15) is 18.7 Å². The number of fused-ring (bicyclic) bond motifs is 1. The Morgan fingerprint density at radius 1 is 1.25 bits per heavy atom. The molecular weight excluding hydrogens is 471 g/mol. The van der Waals surface area contributed by atoms with E-state index in [-0.39, 0.29) is 0 Å². The van der Waals surface area contributed by atoms with Crippen molar-refractivity contribution < 1.29 is 4.74 Å². The highest BCUT2D eigenvalue weighted by Gasteiger charge is 2.32. The van der Waals surface area contributed by atoms with Crippen LogP contribution < -0.4 is 5.32 Å². The first-order valence-electron chi connectivity index (χ1n) is 12.5. The summed E-state index contributed by atoms with van der Waals surface area (Å²) in [6, 6.07) is 4.28. The van der Waals surface area contributed by atoms with Gasteiger partial charge in [-0.15, -0.1) is 0 Å². The van der Waals surface area contributed by atoms with Gasteiger partial charge in [-0.2, -0.15) is 10.4 Å². The van der Waals surface area contributed by atoms with E-state index in [1.807, 2.05) is 33.9 Å². The third-order valence-electron chi connectivity index (χ3n) is 6.61. The van der Waals surface area contributed by atoms with Crippen LogP contribution in [0.1, 0.15) is 19.3 Å². The molecule has 1 saturated heterocycles. The summed E-state index contributed by atoms with van der Waals surface area (Å²) in [5.74, 6) is 1.08. The topological polar surface area (TPSA) is 96.8 Å². The highest BCUT2D eigenvalue weighted by molar-refractivity contribution is 8.32. The molecule has 1 aliphatic rings. The smallest absolute Gasteiger partial charge is 0.145 e. The van der Waals surface area contributed by atoms with E-state index in [1.165, 1.54) is 0 Å². The van der Waals surface area contributed by atoms with E-state index in [4.69, 9.17) is 17.8 Å². The fraction of sp³-hybridized carbons (Fsp3) is 0.600. The Morgan fingerprint density at radius 3 is 2.81 bits per heavy atom. The van der Waals surface area contributed by atoms with Crippen LogP contribution in [0.15, 0.2) is 31.0 Å². The average molecular weight is 509 g/mol. The maximum absolute atomic E-state index is 9.02. The van der Waals surface area contributed by atoms with Crippen molar-refractivity contribution in [2.45, 2.75) is 38.0 Å². The summed E-state index contributed by atoms with van der Waals surface area (Å²) >= 11 is 0. The molecule has 4 heterocycles. The maximum Gasteiger partial charge on any atom is 0.145 e. The second-order valence-corrected chi connectivity index (χ2v) is 14.9. The van der Waals surface area contributed by atoms with Gasteiger partial charge in [-0.3, -0.25) is 4.68 Å². The van der Waals surface area contributed by atoms with Crippen LogP contribution in [0, 0.1) is 11.3 Å². The minimum Gasteiger partial charge on any atom is -0.360 e. The van der Waals surface area contributed by atoms with Crippen molar-refractivity contribution in [3.63, 3.8) is 0 Å². The molecule has 0 unspecified atom stereocenters. The molecule has 36 heavy (non-hydrogen) atoms. The zero-order chi connectivity index (χ0) is 25.6. The summed E-state index contributed by atoms with van der Waals surface area (Å²) < 4.78 is 9.86. The zero-order valence-corrected chi connectivity index (χ0v) is 22.5. The first kappa shape index (κ1) is 26.7. The van der Waals surface area contributed by atoms with Gasteiger partial charge < -0.3 is 19.5 Å². The fourth-order valence-electron chi connectivity index (χ4n) is 4.58. The lowest BCUT2D eigenvalue weighted by Gasteiger charge is -2.44. The normalized spacial score (nSPS) is 17.2. The average Bonchev–Trinajstić information content (AvgIpc) is 3.49. The first-order valence-corrected chi connectivity index (χ1v) is 15.5. The van der Waals surface area contributed by atoms with Crippen molar-refractivity contribution in [2.24, 2.45) is 0 Å². The Balaban J connectivity index is 1.50. The van der Waals surface area contributed by atoms with Crippen LogP contribution in [0.3, 0.4) is 0 Å². The molecule has 2 radical (unpaired) electrons. The summed E-state index contributed by atoms with van der Waals surface area (Å²) in [5.41, 5.74) is 2.07. The van der Waals surface area contributed by atoms with Crippen LogP contribution in [-0.2, 0) is 18.0 Å². The van der Waals surface area contributed by atoms with Crippen LogP contribution in [0.25, 0.3) is 22.3 Å². The number of unbranched alkanes of at least 4 members (excludes halogenated alkanes) is 1. The highest BCUT2D eigenvalue weighted by Crippen LogP contribution is 2.33. The van der Waals surface area contributed by atoms with Gasteiger partial charge >= 0.3 is 0 Å². The van der Waals surface area contributed by atoms with Crippen LogP contribution in [-0.4, -0.2) is 99.8 Å². The molecule has 192 valence electrons. The summed E-state index contributed by atoms with van der Waals surface area (Å²) in [5, 5.41) is 18.0. The van der Waals surface area contributed by atoms with Gasteiger partial charge in [0.25, 0.3) is 0 Å². The van der Waals surface area contributed by atoms with Gasteiger partial charge in [-0.05, 0) is 37.7 Å². The van der Waals surface area contributed by atoms with Gasteiger partial charge in [-0.1, -0.05) is 0 Å². The van der Waals surface area contributed by atoms with Gasteiger partial charge in [0.05, 0.1) is 39.0 Å². The Kier molecular flexibility index (Phi) is 8.72. The number of ether oxygens (including phenoxy) is 1. The molecule has 1 fully saturated rings. The number of nitriles is 1. The molecule has 1 N–H and O–H groups in total. The molecule has 0 spiro atoms. The molecule has 1 aliphatic heterocycles. The summed E-state index contributed by atoms with van der Waals surface area (Å²) in [7, 11) is 6.38. The molecule has 0 aliphatic carbocycles. The van der Waals surface area contributed by atoms with Crippen molar-refractivity contribution in [2.75, 3.05) is 57.3 Å². The number of rotatable bonds is 12. The van der Waals surface area contributed by atoms with E-state index in [2.05, 4.69) is 50.1 Å². The third-order valence-corrected chi connectivity index (χ3v) is 8.01. The monoisotopic (exact) mass is 508 g/mol. The van der Waals surface area contributed by atoms with Crippen molar-refractivity contribution in [3.8, 4) is 17.3 Å². The molecule has 3 aromatic heterocycles. The highest BCUT2D eigenvalue weighted by atomic mass is 32.3. The predicted molar refractivity (Wildman–Crippen MR) is 147 cm³/mol. The Labute approximate surface area is 216 Å². The lowest BCUT2D eigenvalue weighted by atomic mass is 9.71. The quantitative estimate of drug-likeness (QED) is 0.297. The molecule has 9 nitrogen and oxygen atoms in total. The number of hydrogen-bond acceptors (Lipinski definition) is 7. The van der Waals surface area contributed by atoms with Gasteiger partial charge in [0, 0.05) is 67.1 Å². The minimum absolute atomic E-state index is 0.470. The van der Waals surface area contributed by atoms with Crippen LogP contribution in [0.5, 0.6) is 0 Å². The van der Waals surface area contributed by atoms with E-state index >= 15 is 0 Å². The summed E-state index contributed by atoms with van der Waals surface area (Å²) in [4.78, 5) is 11.4. The maximum atomic E-state index is 9.02. The zero-order valence-electron chi connectivity index (χ0n) is 21.7.